The van der Waals surface area contributed by atoms with Crippen molar-refractivity contribution in [3.05, 3.63) is 23.9 Å². The van der Waals surface area contributed by atoms with E-state index >= 15 is 0 Å². The van der Waals surface area contributed by atoms with Crippen LogP contribution in [-0.4, -0.2) is 45.9 Å². The van der Waals surface area contributed by atoms with Crippen LogP contribution in [0.3, 0.4) is 0 Å². The summed E-state index contributed by atoms with van der Waals surface area (Å²) in [5.74, 6) is 0.100. The molecule has 2 saturated carbocycles. The van der Waals surface area contributed by atoms with Crippen LogP contribution in [0, 0.1) is 11.3 Å². The first-order valence-electron chi connectivity index (χ1n) is 10.9. The predicted molar refractivity (Wildman–Crippen MR) is 110 cm³/mol. The molecule has 1 spiro atoms. The SMILES string of the molecule is CCC(CC)CC1NC(=O)N(C2CC3(CC(Oc4ncccc4C(N)=O)C3)C2)C1=O. The number of rotatable bonds is 8. The number of nitrogens with two attached hydrogens (primary N) is 1. The fraction of sp³-hybridized carbons (Fsp3) is 0.636. The summed E-state index contributed by atoms with van der Waals surface area (Å²) >= 11 is 0. The number of pyridine rings is 1. The molecule has 1 atom stereocenters. The molecule has 3 aliphatic rings. The van der Waals surface area contributed by atoms with Crippen LogP contribution in [0.15, 0.2) is 18.3 Å². The molecule has 4 rings (SSSR count). The van der Waals surface area contributed by atoms with Crippen LogP contribution in [0.4, 0.5) is 4.79 Å². The molecule has 1 aliphatic heterocycles. The molecule has 1 unspecified atom stereocenters. The predicted octanol–water partition coefficient (Wildman–Crippen LogP) is 2.62. The van der Waals surface area contributed by atoms with Gasteiger partial charge in [-0.1, -0.05) is 26.7 Å². The van der Waals surface area contributed by atoms with Gasteiger partial charge in [0.05, 0.1) is 0 Å². The third-order valence-electron chi connectivity index (χ3n) is 7.11. The van der Waals surface area contributed by atoms with Crippen molar-refractivity contribution >= 4 is 17.8 Å². The van der Waals surface area contributed by atoms with Crippen molar-refractivity contribution < 1.29 is 19.1 Å². The fourth-order valence-electron chi connectivity index (χ4n) is 5.28. The summed E-state index contributed by atoms with van der Waals surface area (Å²) in [7, 11) is 0. The lowest BCUT2D eigenvalue weighted by Gasteiger charge is -2.58. The number of imide groups is 1. The van der Waals surface area contributed by atoms with Gasteiger partial charge in [0.1, 0.15) is 17.7 Å². The second-order valence-corrected chi connectivity index (χ2v) is 9.06. The van der Waals surface area contributed by atoms with Crippen molar-refractivity contribution in [3.8, 4) is 5.88 Å². The molecule has 0 bridgehead atoms. The highest BCUT2D eigenvalue weighted by Gasteiger charge is 2.58. The standard InChI is InChI=1S/C22H30N4O4/c1-3-13(4-2)8-17-20(28)26(21(29)25-17)14-9-22(10-14)11-15(12-22)30-19-16(18(23)27)6-5-7-24-19/h5-7,13-15,17H,3-4,8-12H2,1-2H3,(H2,23,27)(H,25,29). The summed E-state index contributed by atoms with van der Waals surface area (Å²) in [6, 6.07) is 2.60. The molecular formula is C22H30N4O4. The zero-order chi connectivity index (χ0) is 21.5. The van der Waals surface area contributed by atoms with Crippen molar-refractivity contribution in [1.82, 2.24) is 15.2 Å². The molecule has 30 heavy (non-hydrogen) atoms. The lowest BCUT2D eigenvalue weighted by molar-refractivity contribution is -0.141. The Balaban J connectivity index is 1.29. The first-order valence-corrected chi connectivity index (χ1v) is 10.9. The highest BCUT2D eigenvalue weighted by Crippen LogP contribution is 2.58. The van der Waals surface area contributed by atoms with E-state index in [-0.39, 0.29) is 47.0 Å². The van der Waals surface area contributed by atoms with E-state index in [1.807, 2.05) is 0 Å². The molecule has 1 aromatic rings. The molecule has 1 aromatic heterocycles. The van der Waals surface area contributed by atoms with Gasteiger partial charge in [-0.15, -0.1) is 0 Å². The van der Waals surface area contributed by atoms with Gasteiger partial charge in [0, 0.05) is 12.2 Å². The molecular weight excluding hydrogens is 384 g/mol. The van der Waals surface area contributed by atoms with Crippen molar-refractivity contribution in [1.29, 1.82) is 0 Å². The van der Waals surface area contributed by atoms with Crippen molar-refractivity contribution in [2.75, 3.05) is 0 Å². The first-order chi connectivity index (χ1) is 14.4. The maximum absolute atomic E-state index is 12.8. The maximum Gasteiger partial charge on any atom is 0.325 e. The van der Waals surface area contributed by atoms with Crippen molar-refractivity contribution in [3.63, 3.8) is 0 Å². The Labute approximate surface area is 176 Å². The largest absolute Gasteiger partial charge is 0.474 e. The molecule has 3 fully saturated rings. The van der Waals surface area contributed by atoms with Gasteiger partial charge < -0.3 is 15.8 Å². The molecule has 162 valence electrons. The number of carbonyl (C=O) groups is 3. The summed E-state index contributed by atoms with van der Waals surface area (Å²) in [5, 5.41) is 2.88. The number of urea groups is 1. The Morgan fingerprint density at radius 3 is 2.63 bits per heavy atom. The molecule has 8 nitrogen and oxygen atoms in total. The number of carbonyl (C=O) groups excluding carboxylic acids is 3. The highest BCUT2D eigenvalue weighted by atomic mass is 16.5. The van der Waals surface area contributed by atoms with E-state index in [0.29, 0.717) is 12.3 Å². The molecule has 3 N–H and O–H groups in total. The first kappa shape index (κ1) is 20.6. The summed E-state index contributed by atoms with van der Waals surface area (Å²) in [6.07, 6.45) is 7.58. The number of primary amides is 1. The van der Waals surface area contributed by atoms with Crippen LogP contribution in [-0.2, 0) is 4.79 Å². The quantitative estimate of drug-likeness (QED) is 0.635. The third-order valence-corrected chi connectivity index (χ3v) is 7.11. The molecule has 1 saturated heterocycles. The fourth-order valence-corrected chi connectivity index (χ4v) is 5.28. The minimum Gasteiger partial charge on any atom is -0.474 e. The van der Waals surface area contributed by atoms with Gasteiger partial charge in [0.25, 0.3) is 11.8 Å². The Hall–Kier alpha value is -2.64. The van der Waals surface area contributed by atoms with E-state index in [1.54, 1.807) is 18.3 Å². The van der Waals surface area contributed by atoms with Gasteiger partial charge in [0.15, 0.2) is 0 Å². The highest BCUT2D eigenvalue weighted by molar-refractivity contribution is 6.04. The zero-order valence-electron chi connectivity index (χ0n) is 17.6. The number of aromatic nitrogens is 1. The van der Waals surface area contributed by atoms with E-state index in [1.165, 1.54) is 4.90 Å². The Kier molecular flexibility index (Phi) is 5.42. The number of hydrogen-bond donors (Lipinski definition) is 2. The van der Waals surface area contributed by atoms with Gasteiger partial charge in [-0.05, 0) is 55.6 Å². The maximum atomic E-state index is 12.8. The van der Waals surface area contributed by atoms with Crippen LogP contribution < -0.4 is 15.8 Å². The number of nitrogens with one attached hydrogen (secondary N) is 1. The molecule has 2 heterocycles. The second-order valence-electron chi connectivity index (χ2n) is 9.06. The average molecular weight is 415 g/mol. The molecule has 0 radical (unpaired) electrons. The molecule has 0 aromatic carbocycles. The lowest BCUT2D eigenvalue weighted by Crippen LogP contribution is -2.60. The van der Waals surface area contributed by atoms with Crippen molar-refractivity contribution in [2.45, 2.75) is 77.0 Å². The monoisotopic (exact) mass is 414 g/mol. The Morgan fingerprint density at radius 2 is 2.00 bits per heavy atom. The van der Waals surface area contributed by atoms with E-state index in [4.69, 9.17) is 10.5 Å². The third kappa shape index (κ3) is 3.63. The number of hydrogen-bond acceptors (Lipinski definition) is 5. The van der Waals surface area contributed by atoms with Crippen LogP contribution in [0.2, 0.25) is 0 Å². The van der Waals surface area contributed by atoms with Gasteiger partial charge in [-0.2, -0.15) is 0 Å². The number of amides is 4. The topological polar surface area (TPSA) is 115 Å². The normalized spacial score (nSPS) is 30.2. The number of nitrogens with zero attached hydrogens (tertiary/aromatic N) is 2. The van der Waals surface area contributed by atoms with E-state index in [2.05, 4.69) is 24.1 Å². The van der Waals surface area contributed by atoms with Crippen LogP contribution >= 0.6 is 0 Å². The smallest absolute Gasteiger partial charge is 0.325 e. The average Bonchev–Trinajstić information content (AvgIpc) is 2.94. The summed E-state index contributed by atoms with van der Waals surface area (Å²) < 4.78 is 5.89. The van der Waals surface area contributed by atoms with E-state index in [0.717, 1.165) is 38.5 Å². The van der Waals surface area contributed by atoms with Gasteiger partial charge in [0.2, 0.25) is 5.88 Å². The van der Waals surface area contributed by atoms with E-state index in [9.17, 15) is 14.4 Å². The molecule has 4 amide bonds. The Morgan fingerprint density at radius 1 is 1.30 bits per heavy atom. The van der Waals surface area contributed by atoms with Gasteiger partial charge >= 0.3 is 6.03 Å². The van der Waals surface area contributed by atoms with Crippen LogP contribution in [0.25, 0.3) is 0 Å². The molecule has 2 aliphatic carbocycles. The minimum absolute atomic E-state index is 0.0235. The van der Waals surface area contributed by atoms with E-state index < -0.39 is 5.91 Å². The lowest BCUT2D eigenvalue weighted by atomic mass is 9.52. The van der Waals surface area contributed by atoms with Crippen LogP contribution in [0.5, 0.6) is 5.88 Å². The second kappa shape index (κ2) is 7.89. The molecule has 8 heteroatoms. The van der Waals surface area contributed by atoms with Gasteiger partial charge in [-0.3, -0.25) is 14.5 Å². The van der Waals surface area contributed by atoms with Crippen LogP contribution in [0.1, 0.15) is 69.2 Å². The van der Waals surface area contributed by atoms with Gasteiger partial charge in [-0.25, -0.2) is 9.78 Å². The number of ether oxygens (including phenoxy) is 1. The summed E-state index contributed by atoms with van der Waals surface area (Å²) in [4.78, 5) is 42.3. The minimum atomic E-state index is -0.558. The van der Waals surface area contributed by atoms with Crippen molar-refractivity contribution in [2.24, 2.45) is 17.1 Å². The zero-order valence-corrected chi connectivity index (χ0v) is 17.6. The Bertz CT molecular complexity index is 839. The summed E-state index contributed by atoms with van der Waals surface area (Å²) in [5.41, 5.74) is 5.78. The summed E-state index contributed by atoms with van der Waals surface area (Å²) in [6.45, 7) is 4.24.